The molecule has 0 bridgehead atoms. The Kier molecular flexibility index (Phi) is 4.11. The summed E-state index contributed by atoms with van der Waals surface area (Å²) in [7, 11) is 0. The van der Waals surface area contributed by atoms with Crippen LogP contribution in [0.25, 0.3) is 0 Å². The van der Waals surface area contributed by atoms with Crippen molar-refractivity contribution in [1.82, 2.24) is 0 Å². The van der Waals surface area contributed by atoms with E-state index in [1.165, 1.54) is 0 Å². The van der Waals surface area contributed by atoms with Crippen LogP contribution >= 0.6 is 0 Å². The lowest BCUT2D eigenvalue weighted by atomic mass is 10.0. The van der Waals surface area contributed by atoms with E-state index in [2.05, 4.69) is 9.47 Å². The van der Waals surface area contributed by atoms with Gasteiger partial charge in [-0.1, -0.05) is 0 Å². The summed E-state index contributed by atoms with van der Waals surface area (Å²) in [6.45, 7) is -0.338. The summed E-state index contributed by atoms with van der Waals surface area (Å²) in [5.41, 5.74) is 0. The summed E-state index contributed by atoms with van der Waals surface area (Å²) in [5, 5.41) is 0. The molecule has 18 heavy (non-hydrogen) atoms. The zero-order valence-corrected chi connectivity index (χ0v) is 8.62. The normalized spacial score (nSPS) is 19.8. The highest BCUT2D eigenvalue weighted by Crippen LogP contribution is 2.50. The molecule has 0 atom stereocenters. The number of hydrogen-bond donors (Lipinski definition) is 0. The number of halogens is 8. The van der Waals surface area contributed by atoms with Crippen LogP contribution in [0.3, 0.4) is 0 Å². The zero-order valence-electron chi connectivity index (χ0n) is 8.62. The van der Waals surface area contributed by atoms with Crippen molar-refractivity contribution in [3.05, 3.63) is 0 Å². The van der Waals surface area contributed by atoms with Crippen LogP contribution < -0.4 is 0 Å². The Balaban J connectivity index is 2.86. The molecule has 0 aromatic rings. The SMILES string of the molecule is FC(F)C(F)(F)C(F)(F)C(F)(F)CC1OCCO1. The summed E-state index contributed by atoms with van der Waals surface area (Å²) in [6.07, 6.45) is -8.66. The van der Waals surface area contributed by atoms with Gasteiger partial charge in [-0.05, 0) is 0 Å². The maximum atomic E-state index is 13.0. The Morgan fingerprint density at radius 3 is 1.78 bits per heavy atom. The smallest absolute Gasteiger partial charge is 0.350 e. The number of alkyl halides is 8. The first-order valence-corrected chi connectivity index (χ1v) is 4.67. The number of hydrogen-bond acceptors (Lipinski definition) is 2. The van der Waals surface area contributed by atoms with E-state index in [-0.39, 0.29) is 13.2 Å². The molecule has 10 heteroatoms. The molecule has 1 saturated heterocycles. The highest BCUT2D eigenvalue weighted by atomic mass is 19.4. The molecule has 108 valence electrons. The minimum Gasteiger partial charge on any atom is -0.350 e. The molecular formula is C8H8F8O2. The van der Waals surface area contributed by atoms with Crippen molar-refractivity contribution in [2.24, 2.45) is 0 Å². The van der Waals surface area contributed by atoms with Crippen molar-refractivity contribution < 1.29 is 44.6 Å². The molecule has 0 amide bonds. The van der Waals surface area contributed by atoms with Gasteiger partial charge in [-0.15, -0.1) is 0 Å². The van der Waals surface area contributed by atoms with Crippen molar-refractivity contribution in [3.63, 3.8) is 0 Å². The molecule has 1 aliphatic rings. The van der Waals surface area contributed by atoms with E-state index in [9.17, 15) is 35.1 Å². The van der Waals surface area contributed by atoms with Crippen LogP contribution in [0, 0.1) is 0 Å². The molecule has 0 radical (unpaired) electrons. The quantitative estimate of drug-likeness (QED) is 0.724. The van der Waals surface area contributed by atoms with Crippen molar-refractivity contribution in [3.8, 4) is 0 Å². The molecule has 0 aromatic heterocycles. The average Bonchev–Trinajstić information content (AvgIpc) is 2.68. The Morgan fingerprint density at radius 1 is 0.944 bits per heavy atom. The molecular weight excluding hydrogens is 280 g/mol. The summed E-state index contributed by atoms with van der Waals surface area (Å²) < 4.78 is 109. The van der Waals surface area contributed by atoms with E-state index >= 15 is 0 Å². The molecule has 0 spiro atoms. The summed E-state index contributed by atoms with van der Waals surface area (Å²) >= 11 is 0. The van der Waals surface area contributed by atoms with Crippen LogP contribution in [0.2, 0.25) is 0 Å². The Bertz CT molecular complexity index is 287. The summed E-state index contributed by atoms with van der Waals surface area (Å²) in [4.78, 5) is 0. The summed E-state index contributed by atoms with van der Waals surface area (Å²) in [5.74, 6) is -17.7. The monoisotopic (exact) mass is 288 g/mol. The van der Waals surface area contributed by atoms with Gasteiger partial charge in [0.2, 0.25) is 0 Å². The van der Waals surface area contributed by atoms with Gasteiger partial charge in [0.05, 0.1) is 19.6 Å². The zero-order chi connectivity index (χ0) is 14.2. The summed E-state index contributed by atoms with van der Waals surface area (Å²) in [6, 6.07) is 0. The molecule has 1 heterocycles. The van der Waals surface area contributed by atoms with Gasteiger partial charge in [-0.25, -0.2) is 8.78 Å². The minimum atomic E-state index is -6.20. The predicted octanol–water partition coefficient (Wildman–Crippen LogP) is 2.92. The van der Waals surface area contributed by atoms with E-state index < -0.39 is 36.9 Å². The molecule has 1 rings (SSSR count). The van der Waals surface area contributed by atoms with Gasteiger partial charge in [-0.2, -0.15) is 26.3 Å². The number of ether oxygens (including phenoxy) is 2. The van der Waals surface area contributed by atoms with E-state index in [0.29, 0.717) is 0 Å². The third-order valence-corrected chi connectivity index (χ3v) is 2.27. The van der Waals surface area contributed by atoms with Gasteiger partial charge in [0.1, 0.15) is 0 Å². The van der Waals surface area contributed by atoms with Crippen molar-refractivity contribution in [2.75, 3.05) is 13.2 Å². The lowest BCUT2D eigenvalue weighted by Crippen LogP contribution is -2.58. The topological polar surface area (TPSA) is 18.5 Å². The van der Waals surface area contributed by atoms with E-state index in [0.717, 1.165) is 0 Å². The maximum Gasteiger partial charge on any atom is 0.378 e. The predicted molar refractivity (Wildman–Crippen MR) is 41.2 cm³/mol. The van der Waals surface area contributed by atoms with E-state index in [4.69, 9.17) is 0 Å². The molecule has 0 aromatic carbocycles. The molecule has 0 saturated carbocycles. The molecule has 2 nitrogen and oxygen atoms in total. The van der Waals surface area contributed by atoms with Gasteiger partial charge in [0.25, 0.3) is 0 Å². The first-order valence-electron chi connectivity index (χ1n) is 4.67. The van der Waals surface area contributed by atoms with Crippen molar-refractivity contribution in [1.29, 1.82) is 0 Å². The highest BCUT2D eigenvalue weighted by Gasteiger charge is 2.75. The van der Waals surface area contributed by atoms with Gasteiger partial charge < -0.3 is 9.47 Å². The second-order valence-electron chi connectivity index (χ2n) is 3.58. The maximum absolute atomic E-state index is 13.0. The van der Waals surface area contributed by atoms with Crippen molar-refractivity contribution in [2.45, 2.75) is 36.9 Å². The van der Waals surface area contributed by atoms with Crippen LogP contribution in [-0.4, -0.2) is 43.7 Å². The standard InChI is InChI=1S/C8H8F8O2/c9-5(10)7(13,14)8(15,16)6(11,12)3-4-17-1-2-18-4/h4-5H,1-3H2. The molecule has 0 aliphatic carbocycles. The van der Waals surface area contributed by atoms with Crippen LogP contribution in [0.4, 0.5) is 35.1 Å². The fourth-order valence-electron chi connectivity index (χ4n) is 1.24. The van der Waals surface area contributed by atoms with Crippen LogP contribution in [0.1, 0.15) is 6.42 Å². The van der Waals surface area contributed by atoms with Gasteiger partial charge in [-0.3, -0.25) is 0 Å². The van der Waals surface area contributed by atoms with Gasteiger partial charge in [0.15, 0.2) is 6.29 Å². The largest absolute Gasteiger partial charge is 0.378 e. The Hall–Kier alpha value is -0.640. The van der Waals surface area contributed by atoms with Crippen LogP contribution in [-0.2, 0) is 9.47 Å². The van der Waals surface area contributed by atoms with Crippen LogP contribution in [0.5, 0.6) is 0 Å². The highest BCUT2D eigenvalue weighted by molar-refractivity contribution is 4.98. The number of rotatable bonds is 5. The average molecular weight is 288 g/mol. The van der Waals surface area contributed by atoms with Crippen molar-refractivity contribution >= 4 is 0 Å². The fourth-order valence-corrected chi connectivity index (χ4v) is 1.24. The fraction of sp³-hybridized carbons (Fsp3) is 1.00. The minimum absolute atomic E-state index is 0.169. The third kappa shape index (κ3) is 2.53. The Labute approximate surface area is 95.8 Å². The lowest BCUT2D eigenvalue weighted by Gasteiger charge is -2.33. The molecule has 1 aliphatic heterocycles. The first-order chi connectivity index (χ1) is 8.02. The lowest BCUT2D eigenvalue weighted by molar-refractivity contribution is -0.346. The first kappa shape index (κ1) is 15.4. The van der Waals surface area contributed by atoms with Gasteiger partial charge >= 0.3 is 24.2 Å². The molecule has 1 fully saturated rings. The van der Waals surface area contributed by atoms with Gasteiger partial charge in [0, 0.05) is 0 Å². The molecule has 0 N–H and O–H groups in total. The van der Waals surface area contributed by atoms with Crippen LogP contribution in [0.15, 0.2) is 0 Å². The second kappa shape index (κ2) is 4.80. The van der Waals surface area contributed by atoms with E-state index in [1.54, 1.807) is 0 Å². The second-order valence-corrected chi connectivity index (χ2v) is 3.58. The van der Waals surface area contributed by atoms with E-state index in [1.807, 2.05) is 0 Å². The molecule has 0 unspecified atom stereocenters. The Morgan fingerprint density at radius 2 is 1.39 bits per heavy atom. The third-order valence-electron chi connectivity index (χ3n) is 2.27.